The summed E-state index contributed by atoms with van der Waals surface area (Å²) in [7, 11) is 10.7. The van der Waals surface area contributed by atoms with Crippen LogP contribution in [0.4, 0.5) is 52.7 Å². The van der Waals surface area contributed by atoms with Crippen molar-refractivity contribution in [3.05, 3.63) is 178 Å². The van der Waals surface area contributed by atoms with Crippen molar-refractivity contribution in [3.63, 3.8) is 0 Å². The smallest absolute Gasteiger partial charge is 0.0920 e. The van der Waals surface area contributed by atoms with Crippen LogP contribution in [0.15, 0.2) is 127 Å². The minimum atomic E-state index is -4.87. The predicted octanol–water partition coefficient (Wildman–Crippen LogP) is 18.1. The molecular weight excluding hydrogens is 1090 g/mol. The van der Waals surface area contributed by atoms with Gasteiger partial charge in [0.25, 0.3) is 0 Å². The number of hydrogen-bond acceptors (Lipinski definition) is 0. The fourth-order valence-corrected chi connectivity index (χ4v) is 10.1. The molecule has 0 amide bonds. The number of aryl methyl sites for hydroxylation is 4. The summed E-state index contributed by atoms with van der Waals surface area (Å²) < 4.78 is 160. The van der Waals surface area contributed by atoms with E-state index >= 15 is 0 Å². The summed E-state index contributed by atoms with van der Waals surface area (Å²) in [4.78, 5) is 0. The first kappa shape index (κ1) is 56.7. The van der Waals surface area contributed by atoms with Crippen molar-refractivity contribution in [2.24, 2.45) is 0 Å². The maximum absolute atomic E-state index is 13.3. The van der Waals surface area contributed by atoms with Crippen LogP contribution in [0.3, 0.4) is 0 Å². The minimum Gasteiger partial charge on any atom is -0.184 e. The van der Waals surface area contributed by atoms with Crippen molar-refractivity contribution >= 4 is 58.5 Å². The molecule has 2 radical (unpaired) electrons. The van der Waals surface area contributed by atoms with Gasteiger partial charge in [-0.25, -0.2) is 0 Å². The number of hydrogen-bond donors (Lipinski definition) is 0. The van der Waals surface area contributed by atoms with E-state index in [2.05, 4.69) is 42.5 Å². The van der Waals surface area contributed by atoms with E-state index < -0.39 is 67.8 Å². The molecule has 1 aliphatic heterocycles. The van der Waals surface area contributed by atoms with Crippen LogP contribution < -0.4 is 10.4 Å². The van der Waals surface area contributed by atoms with Crippen LogP contribution in [0.1, 0.15) is 85.0 Å². The third-order valence-corrected chi connectivity index (χ3v) is 13.4. The molecule has 0 aliphatic carbocycles. The van der Waals surface area contributed by atoms with Gasteiger partial charge in [-0.05, 0) is 73.2 Å². The average molecular weight is 1140 g/mol. The van der Waals surface area contributed by atoms with Gasteiger partial charge in [0.1, 0.15) is 0 Å². The second-order valence-corrected chi connectivity index (χ2v) is 21.9. The predicted molar refractivity (Wildman–Crippen MR) is 264 cm³/mol. The molecule has 378 valence electrons. The molecule has 1 heterocycles. The van der Waals surface area contributed by atoms with Gasteiger partial charge in [-0.15, -0.1) is 74.6 Å². The Kier molecular flexibility index (Phi) is 18.7. The van der Waals surface area contributed by atoms with E-state index in [1.54, 1.807) is 12.1 Å². The summed E-state index contributed by atoms with van der Waals surface area (Å²) in [5, 5.41) is 5.84. The second kappa shape index (κ2) is 23.7. The summed E-state index contributed by atoms with van der Waals surface area (Å²) in [5.41, 5.74) is 1.88. The molecule has 0 unspecified atom stereocenters. The molecule has 0 fully saturated rings. The van der Waals surface area contributed by atoms with Crippen LogP contribution in [-0.4, -0.2) is 9.52 Å². The molecule has 9 rings (SSSR count). The summed E-state index contributed by atoms with van der Waals surface area (Å²) in [6, 6.07) is 36.7. The topological polar surface area (TPSA) is 0 Å². The van der Waals surface area contributed by atoms with E-state index in [4.69, 9.17) is 17.0 Å². The first-order chi connectivity index (χ1) is 33.9. The van der Waals surface area contributed by atoms with Crippen LogP contribution >= 0.6 is 17.0 Å². The molecule has 72 heavy (non-hydrogen) atoms. The quantitative estimate of drug-likeness (QED) is 0.0808. The number of fused-ring (bicyclic) bond motifs is 5. The van der Waals surface area contributed by atoms with E-state index in [0.717, 1.165) is 92.5 Å². The van der Waals surface area contributed by atoms with Crippen molar-refractivity contribution in [2.45, 2.75) is 90.9 Å². The molecule has 8 aromatic carbocycles. The van der Waals surface area contributed by atoms with Gasteiger partial charge in [-0.1, -0.05) is 97.8 Å². The third kappa shape index (κ3) is 13.6. The first-order valence-corrected chi connectivity index (χ1v) is 30.1. The van der Waals surface area contributed by atoms with Gasteiger partial charge in [0, 0.05) is 0 Å². The molecular formula is C56H45Cl2F12SiZr-3. The van der Waals surface area contributed by atoms with Crippen LogP contribution in [0.5, 0.6) is 0 Å². The summed E-state index contributed by atoms with van der Waals surface area (Å²) in [6.45, 7) is 7.74. The molecule has 0 atom stereocenters. The molecule has 0 N–H and O–H groups in total. The van der Waals surface area contributed by atoms with E-state index in [9.17, 15) is 52.7 Å². The molecule has 0 saturated carbocycles. The van der Waals surface area contributed by atoms with Gasteiger partial charge in [-0.3, -0.25) is 0 Å². The summed E-state index contributed by atoms with van der Waals surface area (Å²) in [6.07, 6.45) is -15.4. The van der Waals surface area contributed by atoms with Crippen molar-refractivity contribution < 1.29 is 73.5 Å². The molecule has 8 aromatic rings. The number of halogens is 14. The van der Waals surface area contributed by atoms with Crippen LogP contribution in [-0.2, 0) is 71.2 Å². The number of alkyl halides is 12. The monoisotopic (exact) mass is 1130 g/mol. The maximum atomic E-state index is 13.3. The average Bonchev–Trinajstić information content (AvgIpc) is 4.06. The van der Waals surface area contributed by atoms with Crippen LogP contribution in [0.2, 0.25) is 0 Å². The Morgan fingerprint density at radius 2 is 0.889 bits per heavy atom. The normalized spacial score (nSPS) is 12.3. The Hall–Kier alpha value is -4.62. The van der Waals surface area contributed by atoms with Crippen molar-refractivity contribution in [1.29, 1.82) is 0 Å². The van der Waals surface area contributed by atoms with Crippen molar-refractivity contribution in [1.82, 2.24) is 0 Å². The molecule has 1 aliphatic rings. The zero-order valence-corrected chi connectivity index (χ0v) is 44.1. The third-order valence-electron chi connectivity index (χ3n) is 12.0. The zero-order chi connectivity index (χ0) is 52.8. The Morgan fingerprint density at radius 1 is 0.500 bits per heavy atom. The second-order valence-electron chi connectivity index (χ2n) is 16.9. The molecule has 16 heteroatoms. The first-order valence-electron chi connectivity index (χ1n) is 22.8. The number of benzene rings is 6. The summed E-state index contributed by atoms with van der Waals surface area (Å²) in [5.74, 6) is 0. The van der Waals surface area contributed by atoms with E-state index in [1.165, 1.54) is 21.5 Å². The Balaban J connectivity index is 0.000000181. The van der Waals surface area contributed by atoms with Crippen molar-refractivity contribution in [3.8, 4) is 33.4 Å². The van der Waals surface area contributed by atoms with Crippen LogP contribution in [0, 0.1) is 6.07 Å². The van der Waals surface area contributed by atoms with Gasteiger partial charge in [0.15, 0.2) is 0 Å². The Labute approximate surface area is 431 Å². The van der Waals surface area contributed by atoms with Crippen LogP contribution in [0.25, 0.3) is 54.9 Å². The SMILES string of the molecule is CCCc1ccc2[cH-]c(CC)cc2c1-c1cc(C(F)(F)F)cc(C(F)(F)F)c1.CCCc1ccc2[cH-]c(CC)cc2c1-c1cc(C(F)(F)F)cc(C(F)(F)F)c1.[Cl][Zr][Cl].[c-]1cccc2c1[Si]c1ccccc1-2. The molecule has 0 spiro atoms. The molecule has 0 nitrogen and oxygen atoms in total. The maximum Gasteiger partial charge on any atom is 0.0920 e. The summed E-state index contributed by atoms with van der Waals surface area (Å²) >= 11 is -0.826. The minimum absolute atomic E-state index is 0.0514. The molecule has 0 aromatic heterocycles. The number of rotatable bonds is 8. The van der Waals surface area contributed by atoms with Gasteiger partial charge in [0.05, 0.1) is 31.8 Å². The largest absolute Gasteiger partial charge is 0.184 e. The molecule has 0 bridgehead atoms. The van der Waals surface area contributed by atoms with Crippen molar-refractivity contribution in [2.75, 3.05) is 0 Å². The Morgan fingerprint density at radius 3 is 1.26 bits per heavy atom. The van der Waals surface area contributed by atoms with E-state index in [0.29, 0.717) is 34.7 Å². The standard InChI is InChI=1S/2C22H19F6.C12H7Si.2ClH.Zr/c2*1-3-5-14-6-7-15-8-13(4-2)9-19(15)20(14)16-10-17(21(23,24)25)12-18(11-16)22(26,27)28;1-3-7-11-9(5-1)10-6-2-4-8-12(10)13-11;;;/h2*6-12H,3-5H2,1-2H3;1-7H;2*1H;/q3*-1;;;+2/p-2. The van der Waals surface area contributed by atoms with Gasteiger partial charge in [0.2, 0.25) is 0 Å². The van der Waals surface area contributed by atoms with Gasteiger partial charge in [-0.2, -0.15) is 94.3 Å². The zero-order valence-electron chi connectivity index (χ0n) is 39.2. The Bertz CT molecular complexity index is 2850. The fourth-order valence-electron chi connectivity index (χ4n) is 8.75. The van der Waals surface area contributed by atoms with E-state index in [1.807, 2.05) is 70.2 Å². The van der Waals surface area contributed by atoms with Gasteiger partial charge < -0.3 is 0 Å². The fraction of sp³-hybridized carbons (Fsp3) is 0.250. The van der Waals surface area contributed by atoms with E-state index in [-0.39, 0.29) is 23.3 Å². The molecule has 0 saturated heterocycles. The van der Waals surface area contributed by atoms with Gasteiger partial charge >= 0.3 is 62.6 Å².